The third-order valence-electron chi connectivity index (χ3n) is 3.76. The molecule has 0 aliphatic rings. The van der Waals surface area contributed by atoms with E-state index in [1.807, 2.05) is 50.2 Å². The largest absolute Gasteiger partial charge is 0.490 e. The molecule has 0 saturated heterocycles. The molecule has 1 aromatic heterocycles. The third kappa shape index (κ3) is 4.40. The fraction of sp³-hybridized carbons (Fsp3) is 0.200. The smallest absolute Gasteiger partial charge is 0.355 e. The molecule has 0 atom stereocenters. The lowest BCUT2D eigenvalue weighted by molar-refractivity contribution is 0.0691. The fourth-order valence-electron chi connectivity index (χ4n) is 2.40. The summed E-state index contributed by atoms with van der Waals surface area (Å²) in [5.41, 5.74) is 3.13. The quantitative estimate of drug-likeness (QED) is 0.617. The maximum Gasteiger partial charge on any atom is 0.355 e. The van der Waals surface area contributed by atoms with Gasteiger partial charge in [-0.2, -0.15) is 0 Å². The topological polar surface area (TPSA) is 68.7 Å². The summed E-state index contributed by atoms with van der Waals surface area (Å²) in [5.74, 6) is 0.536. The van der Waals surface area contributed by atoms with Crippen LogP contribution >= 0.6 is 11.3 Å². The molecule has 3 aromatic rings. The van der Waals surface area contributed by atoms with Crippen LogP contribution in [0.5, 0.6) is 11.5 Å². The minimum Gasteiger partial charge on any atom is -0.490 e. The van der Waals surface area contributed by atoms with Crippen molar-refractivity contribution < 1.29 is 19.4 Å². The number of rotatable bonds is 7. The molecule has 3 rings (SSSR count). The molecule has 26 heavy (non-hydrogen) atoms. The Balaban J connectivity index is 1.58. The number of hydrogen-bond acceptors (Lipinski definition) is 5. The Morgan fingerprint density at radius 1 is 1.12 bits per heavy atom. The molecule has 2 aromatic carbocycles. The Labute approximate surface area is 155 Å². The van der Waals surface area contributed by atoms with Crippen molar-refractivity contribution in [3.05, 3.63) is 64.7 Å². The van der Waals surface area contributed by atoms with Gasteiger partial charge in [0.15, 0.2) is 5.69 Å². The van der Waals surface area contributed by atoms with Crippen LogP contribution in [-0.2, 0) is 0 Å². The predicted molar refractivity (Wildman–Crippen MR) is 101 cm³/mol. The van der Waals surface area contributed by atoms with Crippen LogP contribution in [0.4, 0.5) is 0 Å². The van der Waals surface area contributed by atoms with E-state index in [2.05, 4.69) is 11.1 Å². The number of hydrogen-bond donors (Lipinski definition) is 1. The van der Waals surface area contributed by atoms with Crippen molar-refractivity contribution in [2.45, 2.75) is 13.8 Å². The van der Waals surface area contributed by atoms with Crippen molar-refractivity contribution in [3.63, 3.8) is 0 Å². The van der Waals surface area contributed by atoms with Crippen LogP contribution in [0, 0.1) is 13.8 Å². The lowest BCUT2D eigenvalue weighted by atomic mass is 10.1. The number of carbonyl (C=O) groups is 1. The van der Waals surface area contributed by atoms with E-state index in [9.17, 15) is 4.79 Å². The number of thiazole rings is 1. The first-order chi connectivity index (χ1) is 12.5. The highest BCUT2D eigenvalue weighted by atomic mass is 32.1. The molecule has 1 N–H and O–H groups in total. The molecule has 0 amide bonds. The molecular weight excluding hydrogens is 350 g/mol. The molecular formula is C20H19NO4S. The zero-order chi connectivity index (χ0) is 18.5. The molecule has 0 bridgehead atoms. The number of aryl methyl sites for hydroxylation is 2. The van der Waals surface area contributed by atoms with E-state index in [0.717, 1.165) is 22.4 Å². The standard InChI is InChI=1S/C20H19NO4S/c1-13-6-7-14(2)18(10-13)25-9-8-24-16-5-3-4-15(11-16)19-21-17(12-26-19)20(22)23/h3-7,10-12H,8-9H2,1-2H3,(H,22,23). The summed E-state index contributed by atoms with van der Waals surface area (Å²) in [6.45, 7) is 4.89. The first-order valence-corrected chi connectivity index (χ1v) is 9.03. The Kier molecular flexibility index (Phi) is 5.53. The molecule has 134 valence electrons. The Morgan fingerprint density at radius 2 is 1.92 bits per heavy atom. The van der Waals surface area contributed by atoms with Gasteiger partial charge in [-0.25, -0.2) is 9.78 Å². The van der Waals surface area contributed by atoms with Gasteiger partial charge < -0.3 is 14.6 Å². The first kappa shape index (κ1) is 17.9. The van der Waals surface area contributed by atoms with E-state index in [-0.39, 0.29) is 5.69 Å². The summed E-state index contributed by atoms with van der Waals surface area (Å²) in [6, 6.07) is 13.5. The molecule has 0 unspecified atom stereocenters. The summed E-state index contributed by atoms with van der Waals surface area (Å²) in [6.07, 6.45) is 0. The molecule has 0 fully saturated rings. The molecule has 5 nitrogen and oxygen atoms in total. The van der Waals surface area contributed by atoms with E-state index in [1.54, 1.807) is 0 Å². The second-order valence-corrected chi connectivity index (χ2v) is 6.69. The zero-order valence-corrected chi connectivity index (χ0v) is 15.4. The zero-order valence-electron chi connectivity index (χ0n) is 14.6. The summed E-state index contributed by atoms with van der Waals surface area (Å²) in [5, 5.41) is 11.2. The summed E-state index contributed by atoms with van der Waals surface area (Å²) < 4.78 is 11.5. The SMILES string of the molecule is Cc1ccc(C)c(OCCOc2cccc(-c3nc(C(=O)O)cs3)c2)c1. The predicted octanol–water partition coefficient (Wildman–Crippen LogP) is 4.58. The van der Waals surface area contributed by atoms with Crippen molar-refractivity contribution in [1.29, 1.82) is 0 Å². The van der Waals surface area contributed by atoms with Gasteiger partial charge in [-0.3, -0.25) is 0 Å². The van der Waals surface area contributed by atoms with Gasteiger partial charge in [0.2, 0.25) is 0 Å². The molecule has 0 radical (unpaired) electrons. The Hall–Kier alpha value is -2.86. The summed E-state index contributed by atoms with van der Waals surface area (Å²) >= 11 is 1.30. The fourth-order valence-corrected chi connectivity index (χ4v) is 3.19. The highest BCUT2D eigenvalue weighted by Gasteiger charge is 2.10. The van der Waals surface area contributed by atoms with Crippen molar-refractivity contribution in [2.24, 2.45) is 0 Å². The van der Waals surface area contributed by atoms with Gasteiger partial charge >= 0.3 is 5.97 Å². The number of nitrogens with zero attached hydrogens (tertiary/aromatic N) is 1. The van der Waals surface area contributed by atoms with Crippen molar-refractivity contribution in [3.8, 4) is 22.1 Å². The molecule has 0 saturated carbocycles. The minimum absolute atomic E-state index is 0.0539. The molecule has 1 heterocycles. The number of carboxylic acids is 1. The van der Waals surface area contributed by atoms with E-state index in [4.69, 9.17) is 14.6 Å². The monoisotopic (exact) mass is 369 g/mol. The van der Waals surface area contributed by atoms with E-state index in [0.29, 0.717) is 24.0 Å². The number of benzene rings is 2. The number of aromatic carboxylic acids is 1. The van der Waals surface area contributed by atoms with E-state index < -0.39 is 5.97 Å². The lowest BCUT2D eigenvalue weighted by Crippen LogP contribution is -2.09. The number of ether oxygens (including phenoxy) is 2. The van der Waals surface area contributed by atoms with Gasteiger partial charge in [-0.05, 0) is 43.2 Å². The van der Waals surface area contributed by atoms with E-state index >= 15 is 0 Å². The highest BCUT2D eigenvalue weighted by molar-refractivity contribution is 7.13. The Morgan fingerprint density at radius 3 is 2.69 bits per heavy atom. The number of carboxylic acid groups (broad SMARTS) is 1. The van der Waals surface area contributed by atoms with Crippen LogP contribution in [0.1, 0.15) is 21.6 Å². The minimum atomic E-state index is -1.02. The van der Waals surface area contributed by atoms with Gasteiger partial charge in [-0.15, -0.1) is 11.3 Å². The van der Waals surface area contributed by atoms with Crippen LogP contribution in [0.25, 0.3) is 10.6 Å². The van der Waals surface area contributed by atoms with Crippen LogP contribution in [0.3, 0.4) is 0 Å². The second kappa shape index (κ2) is 8.01. The molecule has 0 aliphatic heterocycles. The maximum absolute atomic E-state index is 11.0. The second-order valence-electron chi connectivity index (χ2n) is 5.84. The molecule has 0 aliphatic carbocycles. The van der Waals surface area contributed by atoms with Crippen LogP contribution in [0.15, 0.2) is 47.8 Å². The average molecular weight is 369 g/mol. The highest BCUT2D eigenvalue weighted by Crippen LogP contribution is 2.27. The summed E-state index contributed by atoms with van der Waals surface area (Å²) in [4.78, 5) is 15.1. The van der Waals surface area contributed by atoms with Gasteiger partial charge in [-0.1, -0.05) is 24.3 Å². The van der Waals surface area contributed by atoms with Gasteiger partial charge in [0.05, 0.1) is 0 Å². The average Bonchev–Trinajstić information content (AvgIpc) is 3.12. The molecule has 0 spiro atoms. The van der Waals surface area contributed by atoms with Gasteiger partial charge in [0.25, 0.3) is 0 Å². The summed E-state index contributed by atoms with van der Waals surface area (Å²) in [7, 11) is 0. The van der Waals surface area contributed by atoms with E-state index in [1.165, 1.54) is 16.7 Å². The van der Waals surface area contributed by atoms with Crippen LogP contribution in [-0.4, -0.2) is 29.3 Å². The first-order valence-electron chi connectivity index (χ1n) is 8.15. The van der Waals surface area contributed by atoms with Crippen molar-refractivity contribution in [1.82, 2.24) is 4.98 Å². The lowest BCUT2D eigenvalue weighted by Gasteiger charge is -2.11. The Bertz CT molecular complexity index is 920. The van der Waals surface area contributed by atoms with Crippen molar-refractivity contribution in [2.75, 3.05) is 13.2 Å². The normalized spacial score (nSPS) is 10.5. The van der Waals surface area contributed by atoms with Gasteiger partial charge in [0.1, 0.15) is 29.7 Å². The van der Waals surface area contributed by atoms with Crippen LogP contribution in [0.2, 0.25) is 0 Å². The van der Waals surface area contributed by atoms with Crippen molar-refractivity contribution >= 4 is 17.3 Å². The molecule has 6 heteroatoms. The maximum atomic E-state index is 11.0. The number of aromatic nitrogens is 1. The third-order valence-corrected chi connectivity index (χ3v) is 4.65. The van der Waals surface area contributed by atoms with Crippen LogP contribution < -0.4 is 9.47 Å². The van der Waals surface area contributed by atoms with Gasteiger partial charge in [0, 0.05) is 10.9 Å².